The van der Waals surface area contributed by atoms with Crippen LogP contribution in [0.2, 0.25) is 0 Å². The maximum Gasteiger partial charge on any atom is 0.226 e. The number of benzene rings is 1. The van der Waals surface area contributed by atoms with Crippen LogP contribution in [0.4, 0.5) is 0 Å². The highest BCUT2D eigenvalue weighted by Crippen LogP contribution is 2.36. The fraction of sp³-hybridized carbons (Fsp3) is 0.650. The van der Waals surface area contributed by atoms with Crippen molar-refractivity contribution in [1.29, 1.82) is 0 Å². The minimum absolute atomic E-state index is 0.184. The molecule has 0 aromatic heterocycles. The summed E-state index contributed by atoms with van der Waals surface area (Å²) in [6.07, 6.45) is 2.96. The molecule has 1 amide bonds. The molecule has 2 aliphatic heterocycles. The molecule has 24 heavy (non-hydrogen) atoms. The number of amides is 1. The van der Waals surface area contributed by atoms with Crippen LogP contribution in [0.5, 0.6) is 0 Å². The smallest absolute Gasteiger partial charge is 0.226 e. The Hall–Kier alpha value is -1.39. The van der Waals surface area contributed by atoms with Gasteiger partial charge in [0.25, 0.3) is 0 Å². The molecule has 1 aromatic carbocycles. The van der Waals surface area contributed by atoms with Crippen molar-refractivity contribution in [2.75, 3.05) is 26.8 Å². The summed E-state index contributed by atoms with van der Waals surface area (Å²) in [7, 11) is 2.15. The number of hydrogen-bond donors (Lipinski definition) is 1. The summed E-state index contributed by atoms with van der Waals surface area (Å²) in [5.41, 5.74) is 0.943. The predicted octanol–water partition coefficient (Wildman–Crippen LogP) is 3.00. The van der Waals surface area contributed by atoms with Crippen molar-refractivity contribution >= 4 is 5.91 Å². The summed E-state index contributed by atoms with van der Waals surface area (Å²) >= 11 is 0. The molecule has 2 atom stereocenters. The van der Waals surface area contributed by atoms with Gasteiger partial charge in [0.15, 0.2) is 0 Å². The summed E-state index contributed by atoms with van der Waals surface area (Å²) < 4.78 is 5.46. The van der Waals surface area contributed by atoms with Gasteiger partial charge < -0.3 is 10.1 Å². The molecule has 0 bridgehead atoms. The minimum atomic E-state index is -0.341. The van der Waals surface area contributed by atoms with Crippen molar-refractivity contribution in [3.63, 3.8) is 0 Å². The van der Waals surface area contributed by atoms with Crippen LogP contribution in [-0.4, -0.2) is 43.7 Å². The van der Waals surface area contributed by atoms with E-state index in [4.69, 9.17) is 4.74 Å². The Balaban J connectivity index is 1.70. The summed E-state index contributed by atoms with van der Waals surface area (Å²) in [6.45, 7) is 6.76. The zero-order valence-electron chi connectivity index (χ0n) is 15.1. The molecule has 132 valence electrons. The van der Waals surface area contributed by atoms with Gasteiger partial charge in [-0.05, 0) is 37.8 Å². The summed E-state index contributed by atoms with van der Waals surface area (Å²) in [4.78, 5) is 15.4. The van der Waals surface area contributed by atoms with Crippen molar-refractivity contribution < 1.29 is 9.53 Å². The predicted molar refractivity (Wildman–Crippen MR) is 95.7 cm³/mol. The van der Waals surface area contributed by atoms with Crippen molar-refractivity contribution in [1.82, 2.24) is 10.2 Å². The average Bonchev–Trinajstić information content (AvgIpc) is 2.96. The van der Waals surface area contributed by atoms with E-state index < -0.39 is 0 Å². The molecule has 2 aliphatic rings. The van der Waals surface area contributed by atoms with E-state index in [9.17, 15) is 4.79 Å². The molecule has 0 saturated carbocycles. The van der Waals surface area contributed by atoms with Crippen LogP contribution in [0.25, 0.3) is 0 Å². The highest BCUT2D eigenvalue weighted by atomic mass is 16.5. The second-order valence-electron chi connectivity index (χ2n) is 7.81. The van der Waals surface area contributed by atoms with Crippen molar-refractivity contribution in [2.24, 2.45) is 11.3 Å². The van der Waals surface area contributed by atoms with Crippen LogP contribution in [-0.2, 0) is 9.53 Å². The topological polar surface area (TPSA) is 41.6 Å². The lowest BCUT2D eigenvalue weighted by atomic mass is 9.73. The second kappa shape index (κ2) is 7.24. The Kier molecular flexibility index (Phi) is 5.26. The fourth-order valence-corrected chi connectivity index (χ4v) is 4.19. The molecule has 0 radical (unpaired) electrons. The largest absolute Gasteiger partial charge is 0.381 e. The number of nitrogens with one attached hydrogen (secondary N) is 1. The van der Waals surface area contributed by atoms with E-state index in [-0.39, 0.29) is 23.4 Å². The number of carbonyl (C=O) groups excluding carboxylic acids is 1. The second-order valence-corrected chi connectivity index (χ2v) is 7.81. The molecule has 4 nitrogen and oxygen atoms in total. The Morgan fingerprint density at radius 1 is 1.17 bits per heavy atom. The van der Waals surface area contributed by atoms with Crippen molar-refractivity contribution in [3.8, 4) is 0 Å². The van der Waals surface area contributed by atoms with Gasteiger partial charge in [0, 0.05) is 31.2 Å². The first kappa shape index (κ1) is 17.4. The first-order chi connectivity index (χ1) is 11.5. The minimum Gasteiger partial charge on any atom is -0.381 e. The highest BCUT2D eigenvalue weighted by Gasteiger charge is 2.41. The van der Waals surface area contributed by atoms with E-state index in [1.54, 1.807) is 0 Å². The van der Waals surface area contributed by atoms with Crippen LogP contribution in [0.3, 0.4) is 0 Å². The first-order valence-corrected chi connectivity index (χ1v) is 9.14. The van der Waals surface area contributed by atoms with Gasteiger partial charge in [0.1, 0.15) is 0 Å². The lowest BCUT2D eigenvalue weighted by molar-refractivity contribution is -0.135. The monoisotopic (exact) mass is 330 g/mol. The van der Waals surface area contributed by atoms with Gasteiger partial charge >= 0.3 is 0 Å². The number of hydrogen-bond acceptors (Lipinski definition) is 3. The number of likely N-dealkylation sites (N-methyl/N-ethyl adjacent to an activating group) is 1. The van der Waals surface area contributed by atoms with E-state index >= 15 is 0 Å². The molecule has 2 heterocycles. The van der Waals surface area contributed by atoms with Gasteiger partial charge in [0.05, 0.1) is 6.04 Å². The maximum absolute atomic E-state index is 13.0. The third kappa shape index (κ3) is 3.50. The molecule has 4 heteroatoms. The van der Waals surface area contributed by atoms with Crippen LogP contribution in [0.1, 0.15) is 44.7 Å². The van der Waals surface area contributed by atoms with Crippen molar-refractivity contribution in [3.05, 3.63) is 35.9 Å². The third-order valence-electron chi connectivity index (χ3n) is 5.93. The molecule has 0 spiro atoms. The quantitative estimate of drug-likeness (QED) is 0.923. The van der Waals surface area contributed by atoms with Gasteiger partial charge in [-0.2, -0.15) is 0 Å². The van der Waals surface area contributed by atoms with E-state index in [0.29, 0.717) is 5.92 Å². The first-order valence-electron chi connectivity index (χ1n) is 9.14. The van der Waals surface area contributed by atoms with Gasteiger partial charge in [-0.15, -0.1) is 0 Å². The Bertz CT molecular complexity index is 552. The standard InChI is InChI=1S/C20H30N2O2/c1-20(2,16-10-13-24-14-11-16)19(23)21-17-9-12-22(3)18(17)15-7-5-4-6-8-15/h4-8,16-18H,9-14H2,1-3H3,(H,21,23)/t17-,18+/m0/s1. The van der Waals surface area contributed by atoms with Gasteiger partial charge in [-0.3, -0.25) is 9.69 Å². The lowest BCUT2D eigenvalue weighted by Crippen LogP contribution is -2.48. The molecule has 3 rings (SSSR count). The molecular weight excluding hydrogens is 300 g/mol. The SMILES string of the molecule is CN1CC[C@H](NC(=O)C(C)(C)C2CCOCC2)[C@H]1c1ccccc1. The molecule has 0 aliphatic carbocycles. The van der Waals surface area contributed by atoms with Gasteiger partial charge in [-0.25, -0.2) is 0 Å². The molecule has 0 unspecified atom stereocenters. The third-order valence-corrected chi connectivity index (χ3v) is 5.93. The van der Waals surface area contributed by atoms with Crippen LogP contribution in [0, 0.1) is 11.3 Å². The van der Waals surface area contributed by atoms with Gasteiger partial charge in [-0.1, -0.05) is 44.2 Å². The Morgan fingerprint density at radius 3 is 2.50 bits per heavy atom. The summed E-state index contributed by atoms with van der Waals surface area (Å²) in [5, 5.41) is 3.37. The molecule has 2 saturated heterocycles. The Labute approximate surface area is 145 Å². The van der Waals surface area contributed by atoms with E-state index in [0.717, 1.165) is 39.0 Å². The molecule has 1 aromatic rings. The van der Waals surface area contributed by atoms with Crippen LogP contribution < -0.4 is 5.32 Å². The number of carbonyl (C=O) groups is 1. The Morgan fingerprint density at radius 2 is 1.83 bits per heavy atom. The van der Waals surface area contributed by atoms with Gasteiger partial charge in [0.2, 0.25) is 5.91 Å². The molecular formula is C20H30N2O2. The fourth-order valence-electron chi connectivity index (χ4n) is 4.19. The number of ether oxygens (including phenoxy) is 1. The van der Waals surface area contributed by atoms with Crippen molar-refractivity contribution in [2.45, 2.75) is 45.2 Å². The highest BCUT2D eigenvalue weighted by molar-refractivity contribution is 5.82. The van der Waals surface area contributed by atoms with E-state index in [2.05, 4.69) is 55.4 Å². The van der Waals surface area contributed by atoms with E-state index in [1.165, 1.54) is 5.56 Å². The van der Waals surface area contributed by atoms with Crippen LogP contribution >= 0.6 is 0 Å². The zero-order valence-corrected chi connectivity index (χ0v) is 15.1. The maximum atomic E-state index is 13.0. The van der Waals surface area contributed by atoms with Crippen LogP contribution in [0.15, 0.2) is 30.3 Å². The lowest BCUT2D eigenvalue weighted by Gasteiger charge is -2.37. The zero-order chi connectivity index (χ0) is 17.2. The van der Waals surface area contributed by atoms with E-state index in [1.807, 2.05) is 6.07 Å². The number of rotatable bonds is 4. The summed E-state index contributed by atoms with van der Waals surface area (Å²) in [5.74, 6) is 0.594. The normalized spacial score (nSPS) is 26.5. The number of likely N-dealkylation sites (tertiary alicyclic amines) is 1. The summed E-state index contributed by atoms with van der Waals surface area (Å²) in [6, 6.07) is 11.0. The molecule has 1 N–H and O–H groups in total. The average molecular weight is 330 g/mol. The number of nitrogens with zero attached hydrogens (tertiary/aromatic N) is 1. The molecule has 2 fully saturated rings.